The van der Waals surface area contributed by atoms with Gasteiger partial charge in [0.15, 0.2) is 0 Å². The minimum atomic E-state index is -1.49. The van der Waals surface area contributed by atoms with Crippen LogP contribution in [-0.2, 0) is 71.7 Å². The number of amides is 7. The number of carbonyl (C=O) groups excluding carboxylic acids is 7. The molecular formula is C53H95N9O19. The van der Waals surface area contributed by atoms with Gasteiger partial charge in [-0.25, -0.2) is 19.8 Å². The van der Waals surface area contributed by atoms with Crippen LogP contribution in [0.1, 0.15) is 167 Å². The number of hydrogen-bond donors (Lipinski definition) is 13. The van der Waals surface area contributed by atoms with Crippen molar-refractivity contribution in [1.29, 1.82) is 0 Å². The van der Waals surface area contributed by atoms with Gasteiger partial charge in [0.1, 0.15) is 31.3 Å². The predicted octanol–water partition coefficient (Wildman–Crippen LogP) is 0.915. The van der Waals surface area contributed by atoms with Gasteiger partial charge >= 0.3 is 23.9 Å². The van der Waals surface area contributed by atoms with Gasteiger partial charge in [0.2, 0.25) is 41.4 Å². The Bertz CT molecular complexity index is 1830. The summed E-state index contributed by atoms with van der Waals surface area (Å²) in [6.07, 6.45) is 15.3. The summed E-state index contributed by atoms with van der Waals surface area (Å²) in [6.45, 7) is 2.68. The number of carbonyl (C=O) groups is 11. The van der Waals surface area contributed by atoms with Crippen LogP contribution in [0.2, 0.25) is 0 Å². The van der Waals surface area contributed by atoms with Crippen molar-refractivity contribution in [3.8, 4) is 0 Å². The van der Waals surface area contributed by atoms with E-state index in [0.29, 0.717) is 32.2 Å². The van der Waals surface area contributed by atoms with E-state index in [4.69, 9.17) is 29.8 Å². The second-order valence-electron chi connectivity index (χ2n) is 19.3. The first-order valence-electron chi connectivity index (χ1n) is 28.5. The number of rotatable bonds is 57. The summed E-state index contributed by atoms with van der Waals surface area (Å²) in [6, 6.07) is -4.67. The topological polar surface area (TPSA) is 428 Å². The van der Waals surface area contributed by atoms with Crippen LogP contribution >= 0.6 is 0 Å². The maximum absolute atomic E-state index is 12.5. The second-order valence-corrected chi connectivity index (χ2v) is 19.3. The molecule has 7 amide bonds. The lowest BCUT2D eigenvalue weighted by molar-refractivity contribution is -0.144. The molecule has 0 saturated heterocycles. The zero-order chi connectivity index (χ0) is 60.3. The first-order chi connectivity index (χ1) is 38.9. The van der Waals surface area contributed by atoms with Crippen LogP contribution in [-0.4, -0.2) is 189 Å². The molecule has 14 N–H and O–H groups in total. The predicted molar refractivity (Wildman–Crippen MR) is 294 cm³/mol. The molecule has 0 heterocycles. The van der Waals surface area contributed by atoms with Gasteiger partial charge in [-0.15, -0.1) is 0 Å². The molecule has 0 spiro atoms. The minimum Gasteiger partial charge on any atom is -0.481 e. The Morgan fingerprint density at radius 3 is 1.17 bits per heavy atom. The number of unbranched alkanes of at least 4 members (excludes halogenated alkanes) is 14. The number of nitrogens with two attached hydrogens (primary N) is 1. The van der Waals surface area contributed by atoms with E-state index >= 15 is 0 Å². The number of aliphatic carboxylic acids is 4. The molecule has 0 aliphatic rings. The van der Waals surface area contributed by atoms with Gasteiger partial charge in [0.25, 0.3) is 0 Å². The van der Waals surface area contributed by atoms with Crippen molar-refractivity contribution in [2.45, 2.75) is 192 Å². The molecule has 0 bridgehead atoms. The molecule has 0 fully saturated rings. The van der Waals surface area contributed by atoms with E-state index in [1.54, 1.807) is 0 Å². The number of nitrogens with one attached hydrogen (secondary N) is 8. The average Bonchev–Trinajstić information content (AvgIpc) is 3.41. The molecule has 0 aromatic rings. The quantitative estimate of drug-likeness (QED) is 0.0297. The van der Waals surface area contributed by atoms with Crippen LogP contribution in [0.4, 0.5) is 0 Å². The van der Waals surface area contributed by atoms with E-state index in [1.807, 2.05) is 6.92 Å². The van der Waals surface area contributed by atoms with Gasteiger partial charge in [-0.05, 0) is 51.4 Å². The third-order valence-corrected chi connectivity index (χ3v) is 12.3. The first-order valence-corrected chi connectivity index (χ1v) is 28.5. The molecule has 28 nitrogen and oxygen atoms in total. The number of primary amides is 1. The SMILES string of the molecule is CCNNC(CCCCNC(=O)CCC(NC(=O)CCC(NC(=O)COCCOCCNC(=O)COCCOCCNC(=O)CCC(NC(=O)CCCCCCCCCCCCCCCCC(=O)O)C(=O)O)C(=O)O)C(=O)O)C(N)=O. The molecular weight excluding hydrogens is 1070 g/mol. The smallest absolute Gasteiger partial charge is 0.326 e. The van der Waals surface area contributed by atoms with E-state index in [-0.39, 0.29) is 117 Å². The number of hydrazine groups is 1. The highest BCUT2D eigenvalue weighted by Crippen LogP contribution is 2.14. The first kappa shape index (κ1) is 74.9. The Kier molecular flexibility index (Phi) is 47.0. The van der Waals surface area contributed by atoms with Crippen LogP contribution in [0.3, 0.4) is 0 Å². The molecule has 0 radical (unpaired) electrons. The van der Waals surface area contributed by atoms with Crippen LogP contribution < -0.4 is 48.5 Å². The normalized spacial score (nSPS) is 12.5. The number of hydrogen-bond acceptors (Lipinski definition) is 17. The zero-order valence-electron chi connectivity index (χ0n) is 47.5. The molecule has 0 aliphatic heterocycles. The summed E-state index contributed by atoms with van der Waals surface area (Å²) in [5.41, 5.74) is 11.0. The van der Waals surface area contributed by atoms with Crippen molar-refractivity contribution in [3.63, 3.8) is 0 Å². The lowest BCUT2D eigenvalue weighted by atomic mass is 10.0. The maximum atomic E-state index is 12.5. The van der Waals surface area contributed by atoms with Gasteiger partial charge in [0, 0.05) is 58.3 Å². The highest BCUT2D eigenvalue weighted by molar-refractivity contribution is 5.87. The largest absolute Gasteiger partial charge is 0.481 e. The van der Waals surface area contributed by atoms with E-state index in [2.05, 4.69) is 42.8 Å². The highest BCUT2D eigenvalue weighted by Gasteiger charge is 2.25. The van der Waals surface area contributed by atoms with Crippen LogP contribution in [0, 0.1) is 0 Å². The molecule has 4 atom stereocenters. The standard InChI is InChI=1S/C53H95N9O19/c1-2-58-62-39(50(54)71)19-17-18-28-55-43(63)25-22-41(52(74)75)60-46(66)27-24-42(53(76)77)61-48(68)38-81-36-34-79-32-30-57-47(67)37-80-35-33-78-31-29-56-44(64)26-23-40(51(72)73)59-45(65)20-15-13-11-9-7-5-3-4-6-8-10-12-14-16-21-49(69)70/h39-42,58,62H,2-38H2,1H3,(H2,54,71)(H,55,63)(H,56,64)(H,57,67)(H,59,65)(H,60,66)(H,61,68)(H,69,70)(H,72,73)(H,74,75)(H,76,77). The Morgan fingerprint density at radius 1 is 0.370 bits per heavy atom. The summed E-state index contributed by atoms with van der Waals surface area (Å²) < 4.78 is 21.2. The Hall–Kier alpha value is -6.07. The average molecular weight is 1160 g/mol. The summed E-state index contributed by atoms with van der Waals surface area (Å²) in [7, 11) is 0. The second kappa shape index (κ2) is 50.9. The van der Waals surface area contributed by atoms with E-state index in [1.165, 1.54) is 32.1 Å². The van der Waals surface area contributed by atoms with E-state index < -0.39 is 96.5 Å². The fourth-order valence-corrected chi connectivity index (χ4v) is 7.79. The van der Waals surface area contributed by atoms with Crippen LogP contribution in [0.5, 0.6) is 0 Å². The summed E-state index contributed by atoms with van der Waals surface area (Å²) in [5.74, 6) is -8.50. The fourth-order valence-electron chi connectivity index (χ4n) is 7.79. The molecule has 466 valence electrons. The molecule has 0 aliphatic carbocycles. The van der Waals surface area contributed by atoms with Crippen molar-refractivity contribution in [3.05, 3.63) is 0 Å². The molecule has 0 aromatic carbocycles. The molecule has 81 heavy (non-hydrogen) atoms. The van der Waals surface area contributed by atoms with Gasteiger partial charge < -0.3 is 77.0 Å². The Morgan fingerprint density at radius 2 is 0.741 bits per heavy atom. The molecule has 28 heteroatoms. The summed E-state index contributed by atoms with van der Waals surface area (Å²) in [5, 5.41) is 52.2. The molecule has 0 rings (SSSR count). The minimum absolute atomic E-state index is 0.0361. The van der Waals surface area contributed by atoms with Gasteiger partial charge in [0.05, 0.1) is 45.7 Å². The maximum Gasteiger partial charge on any atom is 0.326 e. The molecule has 0 aromatic heterocycles. The van der Waals surface area contributed by atoms with Gasteiger partial charge in [-0.1, -0.05) is 84.0 Å². The summed E-state index contributed by atoms with van der Waals surface area (Å²) >= 11 is 0. The van der Waals surface area contributed by atoms with E-state index in [0.717, 1.165) is 51.4 Å². The van der Waals surface area contributed by atoms with Crippen molar-refractivity contribution in [1.82, 2.24) is 42.8 Å². The Balaban J connectivity index is 3.99. The number of ether oxygens (including phenoxy) is 4. The molecule has 4 unspecified atom stereocenters. The number of carboxylic acid groups (broad SMARTS) is 4. The monoisotopic (exact) mass is 1160 g/mol. The highest BCUT2D eigenvalue weighted by atomic mass is 16.5. The van der Waals surface area contributed by atoms with E-state index in [9.17, 15) is 68.1 Å². The number of carboxylic acids is 4. The molecule has 0 saturated carbocycles. The fraction of sp³-hybridized carbons (Fsp3) is 0.792. The Labute approximate surface area is 475 Å². The van der Waals surface area contributed by atoms with Crippen molar-refractivity contribution < 1.29 is 92.1 Å². The third kappa shape index (κ3) is 47.3. The zero-order valence-corrected chi connectivity index (χ0v) is 47.5. The lowest BCUT2D eigenvalue weighted by Crippen LogP contribution is -2.48. The van der Waals surface area contributed by atoms with Crippen molar-refractivity contribution in [2.75, 3.05) is 79.0 Å². The van der Waals surface area contributed by atoms with Gasteiger partial charge in [-0.3, -0.25) is 43.8 Å². The van der Waals surface area contributed by atoms with Crippen LogP contribution in [0.15, 0.2) is 0 Å². The third-order valence-electron chi connectivity index (χ3n) is 12.3. The van der Waals surface area contributed by atoms with Gasteiger partial charge in [-0.2, -0.15) is 0 Å². The van der Waals surface area contributed by atoms with Crippen molar-refractivity contribution in [2.24, 2.45) is 5.73 Å². The van der Waals surface area contributed by atoms with Crippen molar-refractivity contribution >= 4 is 65.2 Å². The summed E-state index contributed by atoms with van der Waals surface area (Å²) in [4.78, 5) is 131. The lowest BCUT2D eigenvalue weighted by Gasteiger charge is -2.17. The van der Waals surface area contributed by atoms with Crippen LogP contribution in [0.25, 0.3) is 0 Å².